The summed E-state index contributed by atoms with van der Waals surface area (Å²) in [6.07, 6.45) is 1.44. The van der Waals surface area contributed by atoms with Crippen molar-refractivity contribution in [3.05, 3.63) is 83.4 Å². The topological polar surface area (TPSA) is 113 Å². The first-order chi connectivity index (χ1) is 16.4. The highest BCUT2D eigenvalue weighted by Gasteiger charge is 2.18. The van der Waals surface area contributed by atoms with E-state index in [1.807, 2.05) is 6.92 Å². The zero-order valence-electron chi connectivity index (χ0n) is 19.2. The van der Waals surface area contributed by atoms with Crippen molar-refractivity contribution >= 4 is 54.6 Å². The van der Waals surface area contributed by atoms with Gasteiger partial charge in [-0.2, -0.15) is 0 Å². The van der Waals surface area contributed by atoms with Crippen molar-refractivity contribution in [1.29, 1.82) is 0 Å². The summed E-state index contributed by atoms with van der Waals surface area (Å²) in [5, 5.41) is 3.11. The van der Waals surface area contributed by atoms with Gasteiger partial charge in [0.05, 0.1) is 16.8 Å². The maximum absolute atomic E-state index is 12.6. The van der Waals surface area contributed by atoms with E-state index in [4.69, 9.17) is 11.6 Å². The average molecular weight is 536 g/mol. The lowest BCUT2D eigenvalue weighted by molar-refractivity contribution is -0.116. The molecule has 0 aliphatic rings. The number of amides is 1. The highest BCUT2D eigenvalue weighted by molar-refractivity contribution is 7.92. The second-order valence-electron chi connectivity index (χ2n) is 7.96. The summed E-state index contributed by atoms with van der Waals surface area (Å²) in [4.78, 5) is 12.4. The van der Waals surface area contributed by atoms with Crippen LogP contribution in [0.1, 0.15) is 18.4 Å². The summed E-state index contributed by atoms with van der Waals surface area (Å²) in [6, 6.07) is 19.2. The van der Waals surface area contributed by atoms with Gasteiger partial charge in [-0.05, 0) is 67.9 Å². The molecule has 0 radical (unpaired) electrons. The van der Waals surface area contributed by atoms with Gasteiger partial charge in [-0.25, -0.2) is 16.8 Å². The van der Waals surface area contributed by atoms with Crippen molar-refractivity contribution in [3.63, 3.8) is 0 Å². The normalized spacial score (nSPS) is 11.6. The highest BCUT2D eigenvalue weighted by Crippen LogP contribution is 2.23. The lowest BCUT2D eigenvalue weighted by Gasteiger charge is -2.22. The average Bonchev–Trinajstić information content (AvgIpc) is 2.77. The molecule has 1 amide bonds. The van der Waals surface area contributed by atoms with Gasteiger partial charge in [0.2, 0.25) is 15.9 Å². The van der Waals surface area contributed by atoms with Crippen LogP contribution in [0.15, 0.2) is 77.7 Å². The van der Waals surface area contributed by atoms with E-state index in [1.165, 1.54) is 28.6 Å². The van der Waals surface area contributed by atoms with Crippen LogP contribution in [-0.4, -0.2) is 35.5 Å². The number of benzene rings is 3. The van der Waals surface area contributed by atoms with Crippen molar-refractivity contribution in [1.82, 2.24) is 0 Å². The molecule has 11 heteroatoms. The Morgan fingerprint density at radius 3 is 2.14 bits per heavy atom. The van der Waals surface area contributed by atoms with Crippen LogP contribution >= 0.6 is 11.6 Å². The molecule has 0 unspecified atom stereocenters. The van der Waals surface area contributed by atoms with E-state index < -0.39 is 20.0 Å². The number of anilines is 3. The molecule has 0 saturated carbocycles. The number of carbonyl (C=O) groups excluding carboxylic acids is 1. The van der Waals surface area contributed by atoms with Crippen LogP contribution in [0.4, 0.5) is 17.1 Å². The van der Waals surface area contributed by atoms with Gasteiger partial charge in [-0.3, -0.25) is 13.8 Å². The molecule has 0 saturated heterocycles. The molecule has 0 aliphatic heterocycles. The quantitative estimate of drug-likeness (QED) is 0.393. The minimum absolute atomic E-state index is 0.0568. The molecule has 0 heterocycles. The third kappa shape index (κ3) is 7.71. The molecule has 0 atom stereocenters. The van der Waals surface area contributed by atoms with E-state index in [-0.39, 0.29) is 30.2 Å². The van der Waals surface area contributed by atoms with E-state index in [0.29, 0.717) is 22.1 Å². The Labute approximate surface area is 211 Å². The minimum Gasteiger partial charge on any atom is -0.326 e. The van der Waals surface area contributed by atoms with Gasteiger partial charge >= 0.3 is 0 Å². The van der Waals surface area contributed by atoms with Gasteiger partial charge in [-0.1, -0.05) is 35.4 Å². The summed E-state index contributed by atoms with van der Waals surface area (Å²) in [7, 11) is -7.33. The van der Waals surface area contributed by atoms with E-state index in [1.54, 1.807) is 48.5 Å². The molecule has 0 aliphatic carbocycles. The number of halogens is 1. The number of hydrogen-bond acceptors (Lipinski definition) is 5. The monoisotopic (exact) mass is 535 g/mol. The van der Waals surface area contributed by atoms with Crippen LogP contribution in [0.2, 0.25) is 5.02 Å². The van der Waals surface area contributed by atoms with Crippen LogP contribution in [0.5, 0.6) is 0 Å². The predicted molar refractivity (Wildman–Crippen MR) is 140 cm³/mol. The van der Waals surface area contributed by atoms with Crippen molar-refractivity contribution in [3.8, 4) is 0 Å². The third-order valence-electron chi connectivity index (χ3n) is 5.01. The Balaban J connectivity index is 1.56. The molecule has 186 valence electrons. The smallest absolute Gasteiger partial charge is 0.261 e. The standard InChI is InChI=1S/C24H26ClN3O5S2/c1-18-8-10-21(11-9-18)27-35(32,33)23-14-12-20(13-15-23)26-24(29)7-4-16-28(34(2,30)31)22-6-3-5-19(25)17-22/h3,5-6,8-15,17,27H,4,7,16H2,1-2H3,(H,26,29). The zero-order valence-corrected chi connectivity index (χ0v) is 21.6. The summed E-state index contributed by atoms with van der Waals surface area (Å²) in [6.45, 7) is 2.01. The fraction of sp³-hybridized carbons (Fsp3) is 0.208. The Bertz CT molecular complexity index is 1390. The molecular weight excluding hydrogens is 510 g/mol. The van der Waals surface area contributed by atoms with Crippen LogP contribution < -0.4 is 14.3 Å². The first-order valence-corrected chi connectivity index (χ1v) is 14.4. The Kier molecular flexibility index (Phi) is 8.42. The number of carbonyl (C=O) groups is 1. The molecule has 0 fully saturated rings. The number of nitrogens with one attached hydrogen (secondary N) is 2. The number of aryl methyl sites for hydroxylation is 1. The first-order valence-electron chi connectivity index (χ1n) is 10.7. The summed E-state index contributed by atoms with van der Waals surface area (Å²) in [5.41, 5.74) is 2.32. The second-order valence-corrected chi connectivity index (χ2v) is 12.0. The van der Waals surface area contributed by atoms with Crippen LogP contribution in [0, 0.1) is 6.92 Å². The molecule has 0 aromatic heterocycles. The maximum Gasteiger partial charge on any atom is 0.261 e. The predicted octanol–water partition coefficient (Wildman–Crippen LogP) is 4.63. The zero-order chi connectivity index (χ0) is 25.6. The van der Waals surface area contributed by atoms with Gasteiger partial charge in [0.25, 0.3) is 10.0 Å². The van der Waals surface area contributed by atoms with Crippen LogP contribution in [0.3, 0.4) is 0 Å². The Morgan fingerprint density at radius 2 is 1.54 bits per heavy atom. The highest BCUT2D eigenvalue weighted by atomic mass is 35.5. The number of nitrogens with zero attached hydrogens (tertiary/aromatic N) is 1. The van der Waals surface area contributed by atoms with Crippen LogP contribution in [-0.2, 0) is 24.8 Å². The Morgan fingerprint density at radius 1 is 0.914 bits per heavy atom. The molecule has 8 nitrogen and oxygen atoms in total. The van der Waals surface area contributed by atoms with E-state index >= 15 is 0 Å². The largest absolute Gasteiger partial charge is 0.326 e. The van der Waals surface area contributed by atoms with Crippen molar-refractivity contribution in [2.75, 3.05) is 27.1 Å². The van der Waals surface area contributed by atoms with Crippen LogP contribution in [0.25, 0.3) is 0 Å². The van der Waals surface area contributed by atoms with Gasteiger partial charge in [-0.15, -0.1) is 0 Å². The molecular formula is C24H26ClN3O5S2. The van der Waals surface area contributed by atoms with Crippen molar-refractivity contribution in [2.24, 2.45) is 0 Å². The lowest BCUT2D eigenvalue weighted by Crippen LogP contribution is -2.31. The summed E-state index contributed by atoms with van der Waals surface area (Å²) < 4.78 is 53.2. The van der Waals surface area contributed by atoms with Gasteiger partial charge in [0.1, 0.15) is 0 Å². The van der Waals surface area contributed by atoms with E-state index in [9.17, 15) is 21.6 Å². The number of rotatable bonds is 10. The first kappa shape index (κ1) is 26.5. The molecule has 2 N–H and O–H groups in total. The number of hydrogen-bond donors (Lipinski definition) is 2. The molecule has 3 aromatic rings. The van der Waals surface area contributed by atoms with Crippen molar-refractivity contribution < 1.29 is 21.6 Å². The van der Waals surface area contributed by atoms with E-state index in [2.05, 4.69) is 10.0 Å². The molecule has 35 heavy (non-hydrogen) atoms. The summed E-state index contributed by atoms with van der Waals surface area (Å²) in [5.74, 6) is -0.321. The minimum atomic E-state index is -3.77. The maximum atomic E-state index is 12.6. The lowest BCUT2D eigenvalue weighted by atomic mass is 10.2. The summed E-state index contributed by atoms with van der Waals surface area (Å²) >= 11 is 5.97. The molecule has 0 bridgehead atoms. The van der Waals surface area contributed by atoms with Crippen molar-refractivity contribution in [2.45, 2.75) is 24.7 Å². The van der Waals surface area contributed by atoms with E-state index in [0.717, 1.165) is 11.8 Å². The van der Waals surface area contributed by atoms with Gasteiger partial charge in [0.15, 0.2) is 0 Å². The number of sulfonamides is 2. The molecule has 0 spiro atoms. The Hall–Kier alpha value is -3.08. The SMILES string of the molecule is Cc1ccc(NS(=O)(=O)c2ccc(NC(=O)CCCN(c3cccc(Cl)c3)S(C)(=O)=O)cc2)cc1. The van der Waals surface area contributed by atoms with Gasteiger partial charge < -0.3 is 5.32 Å². The fourth-order valence-corrected chi connectivity index (χ4v) is 5.48. The second kappa shape index (κ2) is 11.1. The molecule has 3 aromatic carbocycles. The third-order valence-corrected chi connectivity index (χ3v) is 7.84. The fourth-order valence-electron chi connectivity index (χ4n) is 3.28. The van der Waals surface area contributed by atoms with Gasteiger partial charge in [0, 0.05) is 29.4 Å². The molecule has 3 rings (SSSR count).